The summed E-state index contributed by atoms with van der Waals surface area (Å²) in [6.45, 7) is 12.9. The van der Waals surface area contributed by atoms with Crippen LogP contribution in [0.25, 0.3) is 0 Å². The van der Waals surface area contributed by atoms with Crippen LogP contribution in [0.5, 0.6) is 0 Å². The maximum Gasteiger partial charge on any atom is 0.241 e. The molecule has 0 heterocycles. The summed E-state index contributed by atoms with van der Waals surface area (Å²) >= 11 is 0. The van der Waals surface area contributed by atoms with Crippen LogP contribution in [0.1, 0.15) is 39.0 Å². The van der Waals surface area contributed by atoms with E-state index in [1.807, 2.05) is 0 Å². The maximum absolute atomic E-state index is 6.09. The van der Waals surface area contributed by atoms with Crippen LogP contribution in [-0.4, -0.2) is 8.32 Å². The van der Waals surface area contributed by atoms with Crippen LogP contribution in [0.2, 0.25) is 19.6 Å². The highest BCUT2D eigenvalue weighted by atomic mass is 28.4. The molecule has 1 aliphatic carbocycles. The van der Waals surface area contributed by atoms with Crippen LogP contribution in [-0.2, 0) is 4.43 Å². The highest BCUT2D eigenvalue weighted by molar-refractivity contribution is 6.70. The van der Waals surface area contributed by atoms with Crippen LogP contribution in [0.4, 0.5) is 0 Å². The Hall–Kier alpha value is -0.503. The fraction of sp³-hybridized carbons (Fsp3) is 0.714. The molecule has 0 aromatic rings. The lowest BCUT2D eigenvalue weighted by molar-refractivity contribution is 0.352. The fourth-order valence-corrected chi connectivity index (χ4v) is 3.06. The quantitative estimate of drug-likeness (QED) is 0.490. The van der Waals surface area contributed by atoms with E-state index >= 15 is 0 Å². The molecule has 0 saturated carbocycles. The minimum absolute atomic E-state index is 0.719. The maximum atomic E-state index is 6.09. The van der Waals surface area contributed by atoms with E-state index < -0.39 is 8.32 Å². The predicted molar refractivity (Wildman–Crippen MR) is 73.9 cm³/mol. The van der Waals surface area contributed by atoms with Gasteiger partial charge in [0.2, 0.25) is 8.32 Å². The molecule has 1 aliphatic rings. The molecule has 1 nitrogen and oxygen atoms in total. The molecule has 1 rings (SSSR count). The molecule has 0 fully saturated rings. The van der Waals surface area contributed by atoms with Gasteiger partial charge >= 0.3 is 0 Å². The summed E-state index contributed by atoms with van der Waals surface area (Å²) in [4.78, 5) is 0. The van der Waals surface area contributed by atoms with Crippen molar-refractivity contribution in [3.63, 3.8) is 0 Å². The Labute approximate surface area is 102 Å². The lowest BCUT2D eigenvalue weighted by atomic mass is 9.90. The monoisotopic (exact) mass is 238 g/mol. The molecule has 0 aromatic heterocycles. The smallest absolute Gasteiger partial charge is 0.241 e. The summed E-state index contributed by atoms with van der Waals surface area (Å²) in [7, 11) is -1.40. The van der Waals surface area contributed by atoms with Crippen LogP contribution >= 0.6 is 0 Å². The molecular formula is C14H26OSi. The van der Waals surface area contributed by atoms with Crippen molar-refractivity contribution in [2.45, 2.75) is 58.7 Å². The van der Waals surface area contributed by atoms with Crippen molar-refractivity contribution in [1.82, 2.24) is 0 Å². The molecule has 2 heteroatoms. The second-order valence-electron chi connectivity index (χ2n) is 6.00. The normalized spacial score (nSPS) is 21.5. The number of hydrogen-bond acceptors (Lipinski definition) is 1. The predicted octanol–water partition coefficient (Wildman–Crippen LogP) is 4.88. The largest absolute Gasteiger partial charge is 0.548 e. The van der Waals surface area contributed by atoms with E-state index in [0.717, 1.165) is 18.8 Å². The summed E-state index contributed by atoms with van der Waals surface area (Å²) in [5.74, 6) is 1.98. The lowest BCUT2D eigenvalue weighted by Gasteiger charge is -2.27. The van der Waals surface area contributed by atoms with Crippen molar-refractivity contribution in [3.8, 4) is 0 Å². The third kappa shape index (κ3) is 5.55. The molecule has 0 radical (unpaired) electrons. The second-order valence-corrected chi connectivity index (χ2v) is 10.4. The second kappa shape index (κ2) is 5.71. The van der Waals surface area contributed by atoms with Gasteiger partial charge in [-0.15, -0.1) is 6.58 Å². The average molecular weight is 238 g/mol. The molecule has 0 N–H and O–H groups in total. The van der Waals surface area contributed by atoms with Gasteiger partial charge in [-0.2, -0.15) is 0 Å². The summed E-state index contributed by atoms with van der Waals surface area (Å²) < 4.78 is 6.09. The van der Waals surface area contributed by atoms with Crippen LogP contribution in [0.15, 0.2) is 24.0 Å². The Morgan fingerprint density at radius 2 is 2.19 bits per heavy atom. The standard InChI is InChI=1S/C14H26OSi/c1-12(2)9-10-13-7-6-8-14(11-13)15-16(3,4)5/h11,13H,1,6-10H2,2-5H3. The first-order valence-electron chi connectivity index (χ1n) is 6.41. The molecular weight excluding hydrogens is 212 g/mol. The summed E-state index contributed by atoms with van der Waals surface area (Å²) in [6, 6.07) is 0. The Morgan fingerprint density at radius 1 is 1.50 bits per heavy atom. The zero-order valence-corrected chi connectivity index (χ0v) is 12.3. The van der Waals surface area contributed by atoms with Crippen molar-refractivity contribution < 1.29 is 4.43 Å². The number of hydrogen-bond donors (Lipinski definition) is 0. The first-order chi connectivity index (χ1) is 7.37. The number of allylic oxidation sites excluding steroid dienone is 3. The van der Waals surface area contributed by atoms with Gasteiger partial charge in [-0.05, 0) is 64.2 Å². The van der Waals surface area contributed by atoms with Gasteiger partial charge in [0.1, 0.15) is 0 Å². The minimum atomic E-state index is -1.40. The Morgan fingerprint density at radius 3 is 2.75 bits per heavy atom. The van der Waals surface area contributed by atoms with Gasteiger partial charge in [-0.25, -0.2) is 0 Å². The Balaban J connectivity index is 2.49. The van der Waals surface area contributed by atoms with E-state index in [9.17, 15) is 0 Å². The SMILES string of the molecule is C=C(C)CCC1C=C(O[Si](C)(C)C)CCC1. The average Bonchev–Trinajstić information content (AvgIpc) is 2.12. The summed E-state index contributed by atoms with van der Waals surface area (Å²) in [5.41, 5.74) is 1.30. The van der Waals surface area contributed by atoms with Crippen molar-refractivity contribution in [2.24, 2.45) is 5.92 Å². The van der Waals surface area contributed by atoms with E-state index in [0.29, 0.717) is 0 Å². The van der Waals surface area contributed by atoms with Crippen LogP contribution < -0.4 is 0 Å². The van der Waals surface area contributed by atoms with Gasteiger partial charge in [0, 0.05) is 6.42 Å². The van der Waals surface area contributed by atoms with Gasteiger partial charge in [0.15, 0.2) is 0 Å². The molecule has 1 unspecified atom stereocenters. The minimum Gasteiger partial charge on any atom is -0.548 e. The van der Waals surface area contributed by atoms with Gasteiger partial charge in [-0.3, -0.25) is 0 Å². The summed E-state index contributed by atoms with van der Waals surface area (Å²) in [5, 5.41) is 0. The molecule has 92 valence electrons. The number of rotatable bonds is 5. The molecule has 0 spiro atoms. The zero-order valence-electron chi connectivity index (χ0n) is 11.3. The molecule has 0 saturated heterocycles. The van der Waals surface area contributed by atoms with Crippen LogP contribution in [0, 0.1) is 5.92 Å². The molecule has 0 aromatic carbocycles. The topological polar surface area (TPSA) is 9.23 Å². The molecule has 1 atom stereocenters. The Bertz CT molecular complexity index is 273. The van der Waals surface area contributed by atoms with Crippen molar-refractivity contribution >= 4 is 8.32 Å². The first-order valence-corrected chi connectivity index (χ1v) is 9.82. The third-order valence-electron chi connectivity index (χ3n) is 2.80. The van der Waals surface area contributed by atoms with E-state index in [4.69, 9.17) is 4.43 Å². The lowest BCUT2D eigenvalue weighted by Crippen LogP contribution is -2.26. The highest BCUT2D eigenvalue weighted by Gasteiger charge is 2.21. The van der Waals surface area contributed by atoms with Crippen LogP contribution in [0.3, 0.4) is 0 Å². The first kappa shape index (κ1) is 13.6. The van der Waals surface area contributed by atoms with Gasteiger partial charge in [-0.1, -0.05) is 5.57 Å². The molecule has 0 bridgehead atoms. The van der Waals surface area contributed by atoms with E-state index in [1.54, 1.807) is 0 Å². The van der Waals surface area contributed by atoms with Crippen molar-refractivity contribution in [1.29, 1.82) is 0 Å². The third-order valence-corrected chi connectivity index (χ3v) is 3.67. The van der Waals surface area contributed by atoms with Crippen molar-refractivity contribution in [3.05, 3.63) is 24.0 Å². The highest BCUT2D eigenvalue weighted by Crippen LogP contribution is 2.29. The van der Waals surface area contributed by atoms with E-state index in [2.05, 4.69) is 39.2 Å². The molecule has 16 heavy (non-hydrogen) atoms. The van der Waals surface area contributed by atoms with Gasteiger partial charge in [0.05, 0.1) is 5.76 Å². The van der Waals surface area contributed by atoms with E-state index in [1.165, 1.54) is 30.6 Å². The Kier molecular flexibility index (Phi) is 4.84. The molecule has 0 aliphatic heterocycles. The van der Waals surface area contributed by atoms with Gasteiger partial charge < -0.3 is 4.43 Å². The van der Waals surface area contributed by atoms with Crippen molar-refractivity contribution in [2.75, 3.05) is 0 Å². The summed E-state index contributed by atoms with van der Waals surface area (Å²) in [6.07, 6.45) is 8.54. The van der Waals surface area contributed by atoms with Gasteiger partial charge in [0.25, 0.3) is 0 Å². The zero-order chi connectivity index (χ0) is 12.2. The van der Waals surface area contributed by atoms with E-state index in [-0.39, 0.29) is 0 Å². The fourth-order valence-electron chi connectivity index (χ4n) is 2.11. The molecule has 0 amide bonds.